The van der Waals surface area contributed by atoms with E-state index in [9.17, 15) is 14.4 Å². The average Bonchev–Trinajstić information content (AvgIpc) is 2.38. The van der Waals surface area contributed by atoms with Crippen molar-refractivity contribution < 1.29 is 19.5 Å². The van der Waals surface area contributed by atoms with Gasteiger partial charge in [0.2, 0.25) is 12.3 Å². The smallest absolute Gasteiger partial charge is 0.327 e. The Kier molecular flexibility index (Phi) is 5.87. The number of primary amides is 1. The van der Waals surface area contributed by atoms with Crippen molar-refractivity contribution >= 4 is 30.0 Å². The molecule has 1 aromatic rings. The van der Waals surface area contributed by atoms with Gasteiger partial charge in [0.1, 0.15) is 6.04 Å². The predicted octanol–water partition coefficient (Wildman–Crippen LogP) is 0.218. The number of benzene rings is 1. The molecule has 6 nitrogen and oxygen atoms in total. The van der Waals surface area contributed by atoms with Crippen LogP contribution in [0.25, 0.3) is 0 Å². The standard InChI is InChI=1S/C12H14N2O4S/c13-11(16)9-3-1-8(2-4-9)5-19-6-10(12(17)18)14-7-15/h1-4,7,10H,5-6H2,(H2,13,16)(H,14,15)(H,17,18). The van der Waals surface area contributed by atoms with Crippen LogP contribution in [0.1, 0.15) is 15.9 Å². The topological polar surface area (TPSA) is 109 Å². The van der Waals surface area contributed by atoms with Gasteiger partial charge in [0.05, 0.1) is 0 Å². The van der Waals surface area contributed by atoms with Gasteiger partial charge in [-0.2, -0.15) is 11.8 Å². The highest BCUT2D eigenvalue weighted by atomic mass is 32.2. The number of rotatable bonds is 8. The molecule has 1 rings (SSSR count). The SMILES string of the molecule is NC(=O)c1ccc(CSCC(NC=O)C(=O)O)cc1. The number of carboxylic acids is 1. The lowest BCUT2D eigenvalue weighted by Crippen LogP contribution is -2.37. The number of amides is 2. The Labute approximate surface area is 114 Å². The minimum absolute atomic E-state index is 0.269. The van der Waals surface area contributed by atoms with Gasteiger partial charge < -0.3 is 16.2 Å². The number of thioether (sulfide) groups is 1. The lowest BCUT2D eigenvalue weighted by atomic mass is 10.1. The Morgan fingerprint density at radius 2 is 2.00 bits per heavy atom. The van der Waals surface area contributed by atoms with Crippen molar-refractivity contribution in [2.24, 2.45) is 5.73 Å². The molecule has 102 valence electrons. The van der Waals surface area contributed by atoms with Crippen LogP contribution in [-0.4, -0.2) is 35.2 Å². The van der Waals surface area contributed by atoms with Crippen molar-refractivity contribution in [2.75, 3.05) is 5.75 Å². The molecule has 0 bridgehead atoms. The first-order valence-electron chi connectivity index (χ1n) is 5.43. The van der Waals surface area contributed by atoms with Crippen LogP contribution in [-0.2, 0) is 15.3 Å². The summed E-state index contributed by atoms with van der Waals surface area (Å²) in [5.74, 6) is -0.696. The highest BCUT2D eigenvalue weighted by Crippen LogP contribution is 2.14. The van der Waals surface area contributed by atoms with Gasteiger partial charge in [-0.05, 0) is 17.7 Å². The predicted molar refractivity (Wildman–Crippen MR) is 71.7 cm³/mol. The van der Waals surface area contributed by atoms with Crippen molar-refractivity contribution in [3.05, 3.63) is 35.4 Å². The second-order valence-corrected chi connectivity index (χ2v) is 4.78. The van der Waals surface area contributed by atoms with Crippen LogP contribution >= 0.6 is 11.8 Å². The van der Waals surface area contributed by atoms with Gasteiger partial charge in [-0.3, -0.25) is 9.59 Å². The number of nitrogens with two attached hydrogens (primary N) is 1. The molecule has 0 heterocycles. The number of hydrogen-bond donors (Lipinski definition) is 3. The number of carboxylic acid groups (broad SMARTS) is 1. The molecule has 19 heavy (non-hydrogen) atoms. The minimum Gasteiger partial charge on any atom is -0.480 e. The summed E-state index contributed by atoms with van der Waals surface area (Å²) in [6.07, 6.45) is 0.376. The second-order valence-electron chi connectivity index (χ2n) is 3.75. The summed E-state index contributed by atoms with van der Waals surface area (Å²) in [6.45, 7) is 0. The fraction of sp³-hybridized carbons (Fsp3) is 0.250. The van der Waals surface area contributed by atoms with Crippen LogP contribution < -0.4 is 11.1 Å². The van der Waals surface area contributed by atoms with E-state index in [0.29, 0.717) is 17.7 Å². The Morgan fingerprint density at radius 1 is 1.37 bits per heavy atom. The van der Waals surface area contributed by atoms with E-state index in [1.165, 1.54) is 11.8 Å². The molecule has 0 aliphatic carbocycles. The number of nitrogens with one attached hydrogen (secondary N) is 1. The fourth-order valence-electron chi connectivity index (χ4n) is 1.33. The van der Waals surface area contributed by atoms with Gasteiger partial charge in [-0.25, -0.2) is 4.79 Å². The summed E-state index contributed by atoms with van der Waals surface area (Å²) in [6, 6.07) is 5.87. The van der Waals surface area contributed by atoms with E-state index in [1.807, 2.05) is 0 Å². The maximum absolute atomic E-state index is 10.9. The fourth-order valence-corrected chi connectivity index (χ4v) is 2.35. The molecule has 0 aliphatic heterocycles. The van der Waals surface area contributed by atoms with Crippen LogP contribution in [0, 0.1) is 0 Å². The highest BCUT2D eigenvalue weighted by Gasteiger charge is 2.15. The highest BCUT2D eigenvalue weighted by molar-refractivity contribution is 7.98. The maximum atomic E-state index is 10.9. The monoisotopic (exact) mass is 282 g/mol. The minimum atomic E-state index is -1.07. The largest absolute Gasteiger partial charge is 0.480 e. The molecular formula is C12H14N2O4S. The van der Waals surface area contributed by atoms with Crippen molar-refractivity contribution in [3.8, 4) is 0 Å². The Morgan fingerprint density at radius 3 is 2.47 bits per heavy atom. The normalized spacial score (nSPS) is 11.6. The summed E-state index contributed by atoms with van der Waals surface area (Å²) < 4.78 is 0. The molecule has 1 unspecified atom stereocenters. The summed E-state index contributed by atoms with van der Waals surface area (Å²) in [5, 5.41) is 11.0. The molecule has 0 aliphatic rings. The van der Waals surface area contributed by atoms with Crippen molar-refractivity contribution in [2.45, 2.75) is 11.8 Å². The number of hydrogen-bond acceptors (Lipinski definition) is 4. The van der Waals surface area contributed by atoms with Crippen molar-refractivity contribution in [1.29, 1.82) is 0 Å². The van der Waals surface area contributed by atoms with Gasteiger partial charge >= 0.3 is 5.97 Å². The lowest BCUT2D eigenvalue weighted by molar-refractivity contribution is -0.139. The molecule has 2 amide bonds. The van der Waals surface area contributed by atoms with Gasteiger partial charge in [-0.15, -0.1) is 0 Å². The molecule has 0 aromatic heterocycles. The Hall–Kier alpha value is -2.02. The summed E-state index contributed by atoms with van der Waals surface area (Å²) in [7, 11) is 0. The summed E-state index contributed by atoms with van der Waals surface area (Å²) >= 11 is 1.38. The summed E-state index contributed by atoms with van der Waals surface area (Å²) in [4.78, 5) is 31.9. The maximum Gasteiger partial charge on any atom is 0.327 e. The molecule has 0 saturated heterocycles. The molecule has 1 aromatic carbocycles. The van der Waals surface area contributed by atoms with E-state index in [0.717, 1.165) is 5.56 Å². The average molecular weight is 282 g/mol. The van der Waals surface area contributed by atoms with Crippen LogP contribution in [0.15, 0.2) is 24.3 Å². The zero-order valence-electron chi connectivity index (χ0n) is 10.0. The van der Waals surface area contributed by atoms with Crippen LogP contribution in [0.5, 0.6) is 0 Å². The van der Waals surface area contributed by atoms with E-state index >= 15 is 0 Å². The van der Waals surface area contributed by atoms with E-state index in [1.54, 1.807) is 24.3 Å². The van der Waals surface area contributed by atoms with Crippen LogP contribution in [0.4, 0.5) is 0 Å². The van der Waals surface area contributed by atoms with Crippen LogP contribution in [0.3, 0.4) is 0 Å². The van der Waals surface area contributed by atoms with Crippen molar-refractivity contribution in [1.82, 2.24) is 5.32 Å². The first-order chi connectivity index (χ1) is 9.04. The molecule has 4 N–H and O–H groups in total. The van der Waals surface area contributed by atoms with E-state index in [-0.39, 0.29) is 5.75 Å². The van der Waals surface area contributed by atoms with Crippen LogP contribution in [0.2, 0.25) is 0 Å². The molecule has 7 heteroatoms. The lowest BCUT2D eigenvalue weighted by Gasteiger charge is -2.10. The zero-order chi connectivity index (χ0) is 14.3. The van der Waals surface area contributed by atoms with Gasteiger partial charge in [0, 0.05) is 17.1 Å². The third-order valence-electron chi connectivity index (χ3n) is 2.36. The molecule has 1 atom stereocenters. The van der Waals surface area contributed by atoms with E-state index in [2.05, 4.69) is 5.32 Å². The quantitative estimate of drug-likeness (QED) is 0.591. The summed E-state index contributed by atoms with van der Waals surface area (Å²) in [5.41, 5.74) is 6.50. The Balaban J connectivity index is 2.46. The van der Waals surface area contributed by atoms with Gasteiger partial charge in [0.25, 0.3) is 0 Å². The molecule has 0 spiro atoms. The zero-order valence-corrected chi connectivity index (χ0v) is 10.9. The number of aliphatic carboxylic acids is 1. The van der Waals surface area contributed by atoms with E-state index < -0.39 is 17.9 Å². The Bertz CT molecular complexity index is 461. The molecule has 0 saturated carbocycles. The molecule has 0 fully saturated rings. The number of carbonyl (C=O) groups excluding carboxylic acids is 2. The van der Waals surface area contributed by atoms with E-state index in [4.69, 9.17) is 10.8 Å². The molecule has 0 radical (unpaired) electrons. The first kappa shape index (κ1) is 15.0. The number of carbonyl (C=O) groups is 3. The van der Waals surface area contributed by atoms with Gasteiger partial charge in [-0.1, -0.05) is 12.1 Å². The van der Waals surface area contributed by atoms with Crippen molar-refractivity contribution in [3.63, 3.8) is 0 Å². The molecular weight excluding hydrogens is 268 g/mol. The second kappa shape index (κ2) is 7.42. The third kappa shape index (κ3) is 5.01. The van der Waals surface area contributed by atoms with Gasteiger partial charge in [0.15, 0.2) is 0 Å². The first-order valence-corrected chi connectivity index (χ1v) is 6.59. The third-order valence-corrected chi connectivity index (χ3v) is 3.47.